The molecule has 1 aliphatic heterocycles. The Hall–Kier alpha value is -3.62. The fraction of sp³-hybridized carbons (Fsp3) is 0.300. The summed E-state index contributed by atoms with van der Waals surface area (Å²) in [5, 5.41) is 13.9. The third kappa shape index (κ3) is 5.44. The molecule has 3 N–H and O–H groups in total. The molecule has 152 valence electrons. The first-order valence-corrected chi connectivity index (χ1v) is 9.46. The van der Waals surface area contributed by atoms with E-state index in [2.05, 4.69) is 21.1 Å². The smallest absolute Gasteiger partial charge is 0.270 e. The third-order valence-electron chi connectivity index (χ3n) is 4.67. The predicted octanol–water partition coefficient (Wildman–Crippen LogP) is 2.46. The molecule has 0 aromatic heterocycles. The van der Waals surface area contributed by atoms with Crippen molar-refractivity contribution in [2.75, 3.05) is 29.9 Å². The molecule has 0 spiro atoms. The Kier molecular flexibility index (Phi) is 6.62. The second-order valence-electron chi connectivity index (χ2n) is 6.73. The first kappa shape index (κ1) is 20.1. The standard InChI is InChI=1S/C20H23N5O4/c26-19(22-23-20(27)15-7-6-8-16(13-15)25(28)29)14-21-17-9-2-3-10-18(17)24-11-4-1-5-12-24/h2-3,6-10,13,21H,1,4-5,11-12,14H2,(H,22,26)(H,23,27). The van der Waals surface area contributed by atoms with Gasteiger partial charge >= 0.3 is 0 Å². The number of non-ortho nitro benzene ring substituents is 1. The van der Waals surface area contributed by atoms with Crippen LogP contribution in [0.3, 0.4) is 0 Å². The van der Waals surface area contributed by atoms with E-state index < -0.39 is 16.7 Å². The van der Waals surface area contributed by atoms with Gasteiger partial charge in [0.15, 0.2) is 0 Å². The van der Waals surface area contributed by atoms with Gasteiger partial charge in [-0.15, -0.1) is 0 Å². The molecular weight excluding hydrogens is 374 g/mol. The lowest BCUT2D eigenvalue weighted by atomic mass is 10.1. The number of nitrogens with one attached hydrogen (secondary N) is 3. The maximum atomic E-state index is 12.1. The van der Waals surface area contributed by atoms with Crippen molar-refractivity contribution in [1.82, 2.24) is 10.9 Å². The molecule has 1 saturated heterocycles. The molecular formula is C20H23N5O4. The topological polar surface area (TPSA) is 117 Å². The van der Waals surface area contributed by atoms with Gasteiger partial charge in [-0.1, -0.05) is 18.2 Å². The number of carbonyl (C=O) groups is 2. The zero-order valence-electron chi connectivity index (χ0n) is 15.9. The maximum absolute atomic E-state index is 12.1. The van der Waals surface area contributed by atoms with E-state index in [1.54, 1.807) is 0 Å². The van der Waals surface area contributed by atoms with Gasteiger partial charge in [0.1, 0.15) is 0 Å². The summed E-state index contributed by atoms with van der Waals surface area (Å²) < 4.78 is 0. The molecule has 29 heavy (non-hydrogen) atoms. The first-order valence-electron chi connectivity index (χ1n) is 9.46. The molecule has 1 aliphatic rings. The minimum absolute atomic E-state index is 0.0277. The van der Waals surface area contributed by atoms with E-state index in [1.807, 2.05) is 24.3 Å². The minimum atomic E-state index is -0.629. The molecule has 0 aliphatic carbocycles. The Balaban J connectivity index is 1.52. The Morgan fingerprint density at radius 3 is 2.52 bits per heavy atom. The van der Waals surface area contributed by atoms with E-state index in [4.69, 9.17) is 0 Å². The fourth-order valence-corrected chi connectivity index (χ4v) is 3.21. The summed E-state index contributed by atoms with van der Waals surface area (Å²) in [6.07, 6.45) is 3.54. The van der Waals surface area contributed by atoms with Gasteiger partial charge in [0.2, 0.25) is 0 Å². The molecule has 9 heteroatoms. The van der Waals surface area contributed by atoms with E-state index in [-0.39, 0.29) is 17.8 Å². The SMILES string of the molecule is O=C(CNc1ccccc1N1CCCCC1)NNC(=O)c1cccc([N+](=O)[O-])c1. The van der Waals surface area contributed by atoms with Gasteiger partial charge in [0, 0.05) is 30.8 Å². The Bertz CT molecular complexity index is 896. The summed E-state index contributed by atoms with van der Waals surface area (Å²) in [6, 6.07) is 13.1. The molecule has 0 unspecified atom stereocenters. The summed E-state index contributed by atoms with van der Waals surface area (Å²) in [4.78, 5) is 36.7. The van der Waals surface area contributed by atoms with Crippen molar-refractivity contribution in [3.05, 3.63) is 64.2 Å². The van der Waals surface area contributed by atoms with Crippen molar-refractivity contribution < 1.29 is 14.5 Å². The lowest BCUT2D eigenvalue weighted by Gasteiger charge is -2.30. The van der Waals surface area contributed by atoms with Crippen LogP contribution < -0.4 is 21.1 Å². The zero-order chi connectivity index (χ0) is 20.6. The first-order chi connectivity index (χ1) is 14.0. The largest absolute Gasteiger partial charge is 0.374 e. The molecule has 2 aromatic rings. The molecule has 1 heterocycles. The van der Waals surface area contributed by atoms with Crippen molar-refractivity contribution >= 4 is 28.9 Å². The molecule has 9 nitrogen and oxygen atoms in total. The predicted molar refractivity (Wildman–Crippen MR) is 110 cm³/mol. The van der Waals surface area contributed by atoms with E-state index in [0.717, 1.165) is 43.4 Å². The second-order valence-corrected chi connectivity index (χ2v) is 6.73. The van der Waals surface area contributed by atoms with Gasteiger partial charge in [-0.25, -0.2) is 0 Å². The van der Waals surface area contributed by atoms with E-state index in [0.29, 0.717) is 0 Å². The normalized spacial score (nSPS) is 13.4. The van der Waals surface area contributed by atoms with Gasteiger partial charge in [-0.2, -0.15) is 0 Å². The lowest BCUT2D eigenvalue weighted by Crippen LogP contribution is -2.44. The Labute approximate surface area is 168 Å². The average molecular weight is 397 g/mol. The van der Waals surface area contributed by atoms with Crippen molar-refractivity contribution in [3.8, 4) is 0 Å². The van der Waals surface area contributed by atoms with Crippen LogP contribution in [0.4, 0.5) is 17.1 Å². The highest BCUT2D eigenvalue weighted by molar-refractivity contribution is 5.96. The van der Waals surface area contributed by atoms with Crippen molar-refractivity contribution in [1.29, 1.82) is 0 Å². The number of piperidine rings is 1. The van der Waals surface area contributed by atoms with E-state index in [9.17, 15) is 19.7 Å². The second kappa shape index (κ2) is 9.54. The summed E-state index contributed by atoms with van der Waals surface area (Å²) in [5.41, 5.74) is 6.39. The minimum Gasteiger partial charge on any atom is -0.374 e. The quantitative estimate of drug-likeness (QED) is 0.509. The molecule has 1 fully saturated rings. The number of amides is 2. The number of hydrazine groups is 1. The summed E-state index contributed by atoms with van der Waals surface area (Å²) in [6.45, 7) is 1.95. The number of nitro groups is 1. The number of anilines is 2. The van der Waals surface area contributed by atoms with Crippen LogP contribution in [0, 0.1) is 10.1 Å². The van der Waals surface area contributed by atoms with Crippen LogP contribution in [0.15, 0.2) is 48.5 Å². The zero-order valence-corrected chi connectivity index (χ0v) is 15.9. The van der Waals surface area contributed by atoms with E-state index in [1.165, 1.54) is 24.6 Å². The molecule has 2 amide bonds. The van der Waals surface area contributed by atoms with Crippen molar-refractivity contribution in [3.63, 3.8) is 0 Å². The van der Waals surface area contributed by atoms with Crippen molar-refractivity contribution in [2.45, 2.75) is 19.3 Å². The monoisotopic (exact) mass is 397 g/mol. The highest BCUT2D eigenvalue weighted by Gasteiger charge is 2.15. The van der Waals surface area contributed by atoms with Crippen LogP contribution >= 0.6 is 0 Å². The number of hydrogen-bond acceptors (Lipinski definition) is 6. The van der Waals surface area contributed by atoms with Crippen LogP contribution in [0.2, 0.25) is 0 Å². The van der Waals surface area contributed by atoms with E-state index >= 15 is 0 Å². The molecule has 0 bridgehead atoms. The van der Waals surface area contributed by atoms with Gasteiger partial charge in [0.05, 0.1) is 22.8 Å². The Morgan fingerprint density at radius 1 is 1.00 bits per heavy atom. The van der Waals surface area contributed by atoms with Crippen LogP contribution in [0.5, 0.6) is 0 Å². The van der Waals surface area contributed by atoms with Gasteiger partial charge in [-0.05, 0) is 37.5 Å². The maximum Gasteiger partial charge on any atom is 0.270 e. The van der Waals surface area contributed by atoms with Crippen molar-refractivity contribution in [2.24, 2.45) is 0 Å². The summed E-state index contributed by atoms with van der Waals surface area (Å²) in [7, 11) is 0. The number of nitro benzene ring substituents is 1. The molecule has 3 rings (SSSR count). The lowest BCUT2D eigenvalue weighted by molar-refractivity contribution is -0.384. The Morgan fingerprint density at radius 2 is 1.76 bits per heavy atom. The van der Waals surface area contributed by atoms with Crippen LogP contribution in [0.25, 0.3) is 0 Å². The molecule has 0 atom stereocenters. The molecule has 0 saturated carbocycles. The summed E-state index contributed by atoms with van der Waals surface area (Å²) in [5.74, 6) is -1.06. The van der Waals surface area contributed by atoms with Gasteiger partial charge in [0.25, 0.3) is 17.5 Å². The highest BCUT2D eigenvalue weighted by Crippen LogP contribution is 2.27. The van der Waals surface area contributed by atoms with Crippen LogP contribution in [-0.2, 0) is 4.79 Å². The van der Waals surface area contributed by atoms with Crippen LogP contribution in [0.1, 0.15) is 29.6 Å². The number of carbonyl (C=O) groups excluding carboxylic acids is 2. The molecule has 2 aromatic carbocycles. The average Bonchev–Trinajstić information content (AvgIpc) is 2.77. The van der Waals surface area contributed by atoms with Gasteiger partial charge < -0.3 is 10.2 Å². The third-order valence-corrected chi connectivity index (χ3v) is 4.67. The van der Waals surface area contributed by atoms with Gasteiger partial charge in [-0.3, -0.25) is 30.6 Å². The fourth-order valence-electron chi connectivity index (χ4n) is 3.21. The highest BCUT2D eigenvalue weighted by atomic mass is 16.6. The number of nitrogens with zero attached hydrogens (tertiary/aromatic N) is 2. The van der Waals surface area contributed by atoms with Crippen LogP contribution in [-0.4, -0.2) is 36.4 Å². The number of para-hydroxylation sites is 2. The number of benzene rings is 2. The summed E-state index contributed by atoms with van der Waals surface area (Å²) >= 11 is 0. The number of rotatable bonds is 6. The molecule has 0 radical (unpaired) electrons. The number of hydrogen-bond donors (Lipinski definition) is 3.